The molecule has 3 rings (SSSR count). The first kappa shape index (κ1) is 17.0. The van der Waals surface area contributed by atoms with E-state index in [0.29, 0.717) is 10.6 Å². The fourth-order valence-corrected chi connectivity index (χ4v) is 3.23. The minimum Gasteiger partial charge on any atom is -0.507 e. The van der Waals surface area contributed by atoms with E-state index in [0.717, 1.165) is 9.13 Å². The lowest BCUT2D eigenvalue weighted by molar-refractivity contribution is -0.139. The highest BCUT2D eigenvalue weighted by Gasteiger charge is 2.44. The molecule has 1 saturated heterocycles. The van der Waals surface area contributed by atoms with Crippen LogP contribution in [-0.4, -0.2) is 28.7 Å². The lowest BCUT2D eigenvalue weighted by Crippen LogP contribution is -2.24. The zero-order valence-electron chi connectivity index (χ0n) is 12.7. The van der Waals surface area contributed by atoms with Crippen molar-refractivity contribution in [2.75, 3.05) is 7.05 Å². The first-order valence-corrected chi connectivity index (χ1v) is 8.62. The highest BCUT2D eigenvalue weighted by Crippen LogP contribution is 2.38. The van der Waals surface area contributed by atoms with Gasteiger partial charge >= 0.3 is 0 Å². The number of likely N-dealkylation sites (N-methyl/N-ethyl adjacent to an activating group) is 1. The zero-order valence-corrected chi connectivity index (χ0v) is 15.6. The van der Waals surface area contributed by atoms with Crippen molar-refractivity contribution in [3.05, 3.63) is 73.8 Å². The molecule has 122 valence electrons. The summed E-state index contributed by atoms with van der Waals surface area (Å²) in [5.74, 6) is -1.51. The Hall–Kier alpha value is -1.86. The number of aliphatic hydroxyl groups excluding tert-OH is 1. The van der Waals surface area contributed by atoms with Crippen LogP contribution in [0.2, 0.25) is 5.02 Å². The number of hydrogen-bond donors (Lipinski definition) is 1. The Labute approximate surface area is 157 Å². The number of halogens is 2. The number of nitrogens with zero attached hydrogens (tertiary/aromatic N) is 1. The van der Waals surface area contributed by atoms with E-state index in [1.165, 1.54) is 4.90 Å². The molecule has 1 aliphatic heterocycles. The molecule has 1 heterocycles. The van der Waals surface area contributed by atoms with E-state index in [9.17, 15) is 14.7 Å². The molecule has 6 heteroatoms. The summed E-state index contributed by atoms with van der Waals surface area (Å²) in [7, 11) is 1.56. The molecule has 2 aromatic rings. The third-order valence-electron chi connectivity index (χ3n) is 3.98. The number of rotatable bonds is 2. The molecule has 1 N–H and O–H groups in total. The Balaban J connectivity index is 2.16. The number of carbonyl (C=O) groups excluding carboxylic acids is 2. The van der Waals surface area contributed by atoms with Gasteiger partial charge in [0, 0.05) is 21.2 Å². The fourth-order valence-electron chi connectivity index (χ4n) is 2.75. The van der Waals surface area contributed by atoms with Crippen LogP contribution < -0.4 is 0 Å². The van der Waals surface area contributed by atoms with Crippen LogP contribution in [0, 0.1) is 3.57 Å². The van der Waals surface area contributed by atoms with Crippen molar-refractivity contribution in [2.45, 2.75) is 6.04 Å². The Morgan fingerprint density at radius 2 is 1.67 bits per heavy atom. The number of likely N-dealkylation sites (tertiary alicyclic amines) is 1. The number of amides is 1. The van der Waals surface area contributed by atoms with E-state index >= 15 is 0 Å². The summed E-state index contributed by atoms with van der Waals surface area (Å²) in [6, 6.07) is 13.4. The smallest absolute Gasteiger partial charge is 0.295 e. The molecular weight excluding hydrogens is 441 g/mol. The Morgan fingerprint density at radius 3 is 2.25 bits per heavy atom. The van der Waals surface area contributed by atoms with Gasteiger partial charge in [-0.3, -0.25) is 9.59 Å². The lowest BCUT2D eigenvalue weighted by atomic mass is 9.95. The molecule has 0 spiro atoms. The maximum absolute atomic E-state index is 12.4. The van der Waals surface area contributed by atoms with Gasteiger partial charge in [-0.2, -0.15) is 0 Å². The van der Waals surface area contributed by atoms with Crippen molar-refractivity contribution in [2.24, 2.45) is 0 Å². The second kappa shape index (κ2) is 6.57. The highest BCUT2D eigenvalue weighted by atomic mass is 127. The monoisotopic (exact) mass is 453 g/mol. The largest absolute Gasteiger partial charge is 0.507 e. The van der Waals surface area contributed by atoms with Crippen molar-refractivity contribution in [3.8, 4) is 0 Å². The molecule has 24 heavy (non-hydrogen) atoms. The van der Waals surface area contributed by atoms with Gasteiger partial charge in [-0.1, -0.05) is 23.7 Å². The molecule has 1 aliphatic rings. The fraction of sp³-hybridized carbons (Fsp3) is 0.111. The Morgan fingerprint density at radius 1 is 1.08 bits per heavy atom. The average molecular weight is 454 g/mol. The quantitative estimate of drug-likeness (QED) is 0.324. The van der Waals surface area contributed by atoms with E-state index in [2.05, 4.69) is 22.6 Å². The molecule has 1 fully saturated rings. The van der Waals surface area contributed by atoms with Crippen LogP contribution in [0.3, 0.4) is 0 Å². The predicted molar refractivity (Wildman–Crippen MR) is 101 cm³/mol. The topological polar surface area (TPSA) is 57.6 Å². The molecule has 1 amide bonds. The Kier molecular flexibility index (Phi) is 4.64. The standard InChI is InChI=1S/C18H13ClINO3/c1-21-15(10-4-8-13(20)9-5-10)14(17(23)18(21)24)16(22)11-2-6-12(19)7-3-11/h2-9,15,22H,1H3. The number of carbonyl (C=O) groups is 2. The van der Waals surface area contributed by atoms with Gasteiger partial charge in [0.2, 0.25) is 0 Å². The molecular formula is C18H13ClINO3. The van der Waals surface area contributed by atoms with Crippen LogP contribution in [0.1, 0.15) is 17.2 Å². The van der Waals surface area contributed by atoms with E-state index in [1.807, 2.05) is 24.3 Å². The molecule has 1 unspecified atom stereocenters. The lowest BCUT2D eigenvalue weighted by Gasteiger charge is -2.21. The van der Waals surface area contributed by atoms with Gasteiger partial charge in [0.05, 0.1) is 11.6 Å². The maximum atomic E-state index is 12.4. The molecule has 0 aliphatic carbocycles. The minimum absolute atomic E-state index is 0.0889. The van der Waals surface area contributed by atoms with Crippen molar-refractivity contribution >= 4 is 51.6 Å². The number of hydrogen-bond acceptors (Lipinski definition) is 3. The highest BCUT2D eigenvalue weighted by molar-refractivity contribution is 14.1. The van der Waals surface area contributed by atoms with Gasteiger partial charge in [-0.15, -0.1) is 0 Å². The predicted octanol–water partition coefficient (Wildman–Crippen LogP) is 4.00. The van der Waals surface area contributed by atoms with E-state index in [-0.39, 0.29) is 11.3 Å². The van der Waals surface area contributed by atoms with Gasteiger partial charge in [0.15, 0.2) is 0 Å². The van der Waals surface area contributed by atoms with E-state index in [1.54, 1.807) is 31.3 Å². The molecule has 0 radical (unpaired) electrons. The summed E-state index contributed by atoms with van der Waals surface area (Å²) in [4.78, 5) is 25.9. The normalized spacial score (nSPS) is 19.8. The second-order valence-electron chi connectivity index (χ2n) is 5.47. The summed E-state index contributed by atoms with van der Waals surface area (Å²) >= 11 is 8.05. The van der Waals surface area contributed by atoms with Crippen LogP contribution >= 0.6 is 34.2 Å². The summed E-state index contributed by atoms with van der Waals surface area (Å²) in [6.07, 6.45) is 0. The summed E-state index contributed by atoms with van der Waals surface area (Å²) in [6.45, 7) is 0. The number of aliphatic hydroxyl groups is 1. The average Bonchev–Trinajstić information content (AvgIpc) is 2.80. The summed E-state index contributed by atoms with van der Waals surface area (Å²) in [5, 5.41) is 11.2. The molecule has 0 saturated carbocycles. The summed E-state index contributed by atoms with van der Waals surface area (Å²) in [5.41, 5.74) is 1.31. The van der Waals surface area contributed by atoms with Gasteiger partial charge in [0.1, 0.15) is 5.76 Å². The van der Waals surface area contributed by atoms with Crippen molar-refractivity contribution < 1.29 is 14.7 Å². The van der Waals surface area contributed by atoms with Crippen LogP contribution in [0.5, 0.6) is 0 Å². The van der Waals surface area contributed by atoms with Crippen molar-refractivity contribution in [1.29, 1.82) is 0 Å². The molecule has 1 atom stereocenters. The van der Waals surface area contributed by atoms with Crippen LogP contribution in [-0.2, 0) is 9.59 Å². The van der Waals surface area contributed by atoms with Crippen LogP contribution in [0.25, 0.3) is 5.76 Å². The molecule has 4 nitrogen and oxygen atoms in total. The van der Waals surface area contributed by atoms with Gasteiger partial charge in [0.25, 0.3) is 11.7 Å². The number of ketones is 1. The van der Waals surface area contributed by atoms with Gasteiger partial charge in [-0.25, -0.2) is 0 Å². The second-order valence-corrected chi connectivity index (χ2v) is 7.15. The van der Waals surface area contributed by atoms with E-state index in [4.69, 9.17) is 11.6 Å². The van der Waals surface area contributed by atoms with Crippen molar-refractivity contribution in [1.82, 2.24) is 4.90 Å². The SMILES string of the molecule is CN1C(=O)C(=O)C(=C(O)c2ccc(Cl)cc2)C1c1ccc(I)cc1. The third kappa shape index (κ3) is 2.93. The minimum atomic E-state index is -0.687. The Bertz CT molecular complexity index is 844. The first-order chi connectivity index (χ1) is 11.4. The van der Waals surface area contributed by atoms with Gasteiger partial charge in [-0.05, 0) is 64.6 Å². The van der Waals surface area contributed by atoms with Crippen LogP contribution in [0.4, 0.5) is 0 Å². The third-order valence-corrected chi connectivity index (χ3v) is 4.95. The van der Waals surface area contributed by atoms with Gasteiger partial charge < -0.3 is 10.0 Å². The van der Waals surface area contributed by atoms with Crippen LogP contribution in [0.15, 0.2) is 54.1 Å². The first-order valence-electron chi connectivity index (χ1n) is 7.16. The molecule has 2 aromatic carbocycles. The van der Waals surface area contributed by atoms with Crippen molar-refractivity contribution in [3.63, 3.8) is 0 Å². The number of benzene rings is 2. The zero-order chi connectivity index (χ0) is 17.4. The summed E-state index contributed by atoms with van der Waals surface area (Å²) < 4.78 is 1.04. The van der Waals surface area contributed by atoms with E-state index < -0.39 is 17.7 Å². The maximum Gasteiger partial charge on any atom is 0.295 e. The molecule has 0 bridgehead atoms. The number of Topliss-reactive ketones (excluding diaryl/α,β-unsaturated/α-hetero) is 1. The molecule has 0 aromatic heterocycles.